The van der Waals surface area contributed by atoms with Gasteiger partial charge < -0.3 is 9.32 Å². The molecule has 0 unspecified atom stereocenters. The van der Waals surface area contributed by atoms with Crippen molar-refractivity contribution < 1.29 is 4.42 Å². The van der Waals surface area contributed by atoms with E-state index in [-0.39, 0.29) is 0 Å². The monoisotopic (exact) mass is 869 g/mol. The molecule has 0 saturated heterocycles. The Morgan fingerprint density at radius 3 is 1.58 bits per heavy atom. The van der Waals surface area contributed by atoms with Crippen LogP contribution in [-0.2, 0) is 0 Å². The van der Waals surface area contributed by atoms with E-state index in [9.17, 15) is 0 Å². The number of thiophene rings is 1. The van der Waals surface area contributed by atoms with Crippen LogP contribution in [0.1, 0.15) is 0 Å². The summed E-state index contributed by atoms with van der Waals surface area (Å²) in [5.74, 6) is 0. The summed E-state index contributed by atoms with van der Waals surface area (Å²) >= 11 is 1.87. The number of benzene rings is 12. The van der Waals surface area contributed by atoms with Crippen LogP contribution in [0.4, 0.5) is 17.1 Å². The molecule has 14 rings (SSSR count). The molecule has 2 heterocycles. The lowest BCUT2D eigenvalue weighted by Crippen LogP contribution is -2.09. The van der Waals surface area contributed by atoms with Crippen LogP contribution in [0.3, 0.4) is 0 Å². The zero-order chi connectivity index (χ0) is 44.0. The van der Waals surface area contributed by atoms with Crippen molar-refractivity contribution in [3.8, 4) is 33.4 Å². The summed E-state index contributed by atoms with van der Waals surface area (Å²) in [4.78, 5) is 2.35. The zero-order valence-corrected chi connectivity index (χ0v) is 37.1. The molecule has 0 saturated carbocycles. The van der Waals surface area contributed by atoms with Gasteiger partial charge in [-0.15, -0.1) is 11.3 Å². The highest BCUT2D eigenvalue weighted by molar-refractivity contribution is 7.26. The van der Waals surface area contributed by atoms with Gasteiger partial charge in [0, 0.05) is 59.6 Å². The van der Waals surface area contributed by atoms with Crippen molar-refractivity contribution in [3.05, 3.63) is 237 Å². The second-order valence-electron chi connectivity index (χ2n) is 17.6. The predicted molar refractivity (Wildman–Crippen MR) is 288 cm³/mol. The summed E-state index contributed by atoms with van der Waals surface area (Å²) in [6, 6.07) is 86.3. The highest BCUT2D eigenvalue weighted by Crippen LogP contribution is 2.46. The van der Waals surface area contributed by atoms with E-state index in [1.54, 1.807) is 0 Å². The molecule has 2 nitrogen and oxygen atoms in total. The first-order chi connectivity index (χ1) is 33.2. The number of nitrogens with zero attached hydrogens (tertiary/aromatic N) is 1. The maximum atomic E-state index is 7.17. The number of rotatable bonds is 6. The Morgan fingerprint density at radius 2 is 0.851 bits per heavy atom. The van der Waals surface area contributed by atoms with Crippen molar-refractivity contribution in [2.75, 3.05) is 4.90 Å². The minimum absolute atomic E-state index is 0.847. The van der Waals surface area contributed by atoms with Crippen LogP contribution in [0.25, 0.3) is 119 Å². The third-order valence-corrected chi connectivity index (χ3v) is 15.1. The van der Waals surface area contributed by atoms with E-state index in [2.05, 4.69) is 241 Å². The molecule has 0 aliphatic rings. The minimum atomic E-state index is 0.847. The molecule has 0 amide bonds. The second-order valence-corrected chi connectivity index (χ2v) is 18.6. The summed E-state index contributed by atoms with van der Waals surface area (Å²) in [7, 11) is 0. The number of hydrogen-bond donors (Lipinski definition) is 0. The summed E-state index contributed by atoms with van der Waals surface area (Å²) < 4.78 is 9.80. The molecular weight excluding hydrogens is 831 g/mol. The molecule has 0 fully saturated rings. The predicted octanol–water partition coefficient (Wildman–Crippen LogP) is 19.0. The maximum absolute atomic E-state index is 7.17. The standard InChI is InChI=1S/C64H39NOS/c1-2-13-40(14-3-1)41-25-30-45(31-26-41)65(46-32-27-42(28-33-46)49-22-12-23-57-56-21-10-11-24-61(56)67-64(49)57)47-34-36-55-59-37-43-15-4-5-16-48(43)62(63(59)66-60(55)39-47)44-29-35-54-52-19-7-6-17-50(52)51-18-8-9-20-53(51)58(54)38-44/h1-39H. The summed E-state index contributed by atoms with van der Waals surface area (Å²) in [5.41, 5.74) is 12.0. The van der Waals surface area contributed by atoms with Gasteiger partial charge in [0.1, 0.15) is 11.2 Å². The van der Waals surface area contributed by atoms with Crippen molar-refractivity contribution in [2.24, 2.45) is 0 Å². The zero-order valence-electron chi connectivity index (χ0n) is 36.3. The topological polar surface area (TPSA) is 16.4 Å². The van der Waals surface area contributed by atoms with Crippen LogP contribution < -0.4 is 4.90 Å². The van der Waals surface area contributed by atoms with Crippen molar-refractivity contribution in [2.45, 2.75) is 0 Å². The van der Waals surface area contributed by atoms with Gasteiger partial charge >= 0.3 is 0 Å². The Balaban J connectivity index is 0.939. The molecule has 0 radical (unpaired) electrons. The van der Waals surface area contributed by atoms with E-state index < -0.39 is 0 Å². The van der Waals surface area contributed by atoms with Gasteiger partial charge in [0.2, 0.25) is 0 Å². The summed E-state index contributed by atoms with van der Waals surface area (Å²) in [5, 5.41) is 14.7. The number of anilines is 3. The SMILES string of the molecule is c1ccc(-c2ccc(N(c3ccc(-c4cccc5c4sc4ccccc45)cc3)c3ccc4c(c3)oc3c(-c5ccc6c7ccccc7c7ccccc7c6c5)c5ccccc5cc34)cc2)cc1. The average molecular weight is 870 g/mol. The molecule has 0 spiro atoms. The van der Waals surface area contributed by atoms with Crippen molar-refractivity contribution >= 4 is 114 Å². The molecule has 12 aromatic carbocycles. The molecule has 0 atom stereocenters. The molecule has 67 heavy (non-hydrogen) atoms. The van der Waals surface area contributed by atoms with Gasteiger partial charge in [-0.25, -0.2) is 0 Å². The first-order valence-corrected chi connectivity index (χ1v) is 23.7. The van der Waals surface area contributed by atoms with E-state index in [0.29, 0.717) is 0 Å². The molecular formula is C64H39NOS. The second kappa shape index (κ2) is 15.0. The molecule has 3 heteroatoms. The van der Waals surface area contributed by atoms with Crippen LogP contribution in [0.15, 0.2) is 241 Å². The largest absolute Gasteiger partial charge is 0.455 e. The van der Waals surface area contributed by atoms with Crippen LogP contribution in [-0.4, -0.2) is 0 Å². The first-order valence-electron chi connectivity index (χ1n) is 22.9. The molecule has 14 aromatic rings. The lowest BCUT2D eigenvalue weighted by molar-refractivity contribution is 0.670. The van der Waals surface area contributed by atoms with Gasteiger partial charge in [-0.2, -0.15) is 0 Å². The van der Waals surface area contributed by atoms with Crippen LogP contribution in [0, 0.1) is 0 Å². The Labute approximate surface area is 390 Å². The van der Waals surface area contributed by atoms with Crippen molar-refractivity contribution in [1.29, 1.82) is 0 Å². The van der Waals surface area contributed by atoms with Gasteiger partial charge in [-0.05, 0) is 126 Å². The fourth-order valence-corrected chi connectivity index (χ4v) is 11.9. The fourth-order valence-electron chi connectivity index (χ4n) is 10.7. The highest BCUT2D eigenvalue weighted by Gasteiger charge is 2.21. The highest BCUT2D eigenvalue weighted by atomic mass is 32.1. The van der Waals surface area contributed by atoms with Crippen LogP contribution in [0.5, 0.6) is 0 Å². The minimum Gasteiger partial charge on any atom is -0.455 e. The Kier molecular flexibility index (Phi) is 8.49. The smallest absolute Gasteiger partial charge is 0.143 e. The van der Waals surface area contributed by atoms with Crippen molar-refractivity contribution in [3.63, 3.8) is 0 Å². The average Bonchev–Trinajstić information content (AvgIpc) is 3.97. The maximum Gasteiger partial charge on any atom is 0.143 e. The Hall–Kier alpha value is -8.50. The third-order valence-electron chi connectivity index (χ3n) is 13.8. The third kappa shape index (κ3) is 6.02. The summed E-state index contributed by atoms with van der Waals surface area (Å²) in [6.07, 6.45) is 0. The normalized spacial score (nSPS) is 11.9. The molecule has 312 valence electrons. The number of furan rings is 1. The first kappa shape index (κ1) is 37.8. The van der Waals surface area contributed by atoms with Crippen LogP contribution in [0.2, 0.25) is 0 Å². The quantitative estimate of drug-likeness (QED) is 0.155. The fraction of sp³-hybridized carbons (Fsp3) is 0. The van der Waals surface area contributed by atoms with Gasteiger partial charge in [0.15, 0.2) is 0 Å². The Morgan fingerprint density at radius 1 is 0.313 bits per heavy atom. The van der Waals surface area contributed by atoms with Gasteiger partial charge in [-0.3, -0.25) is 0 Å². The van der Waals surface area contributed by atoms with Gasteiger partial charge in [0.05, 0.1) is 0 Å². The van der Waals surface area contributed by atoms with E-state index >= 15 is 0 Å². The lowest BCUT2D eigenvalue weighted by atomic mass is 9.90. The molecule has 0 aliphatic heterocycles. The van der Waals surface area contributed by atoms with Crippen LogP contribution >= 0.6 is 11.3 Å². The molecule has 0 bridgehead atoms. The van der Waals surface area contributed by atoms with E-state index in [1.165, 1.54) is 85.5 Å². The Bertz CT molecular complexity index is 4220. The molecule has 0 aliphatic carbocycles. The molecule has 2 aromatic heterocycles. The summed E-state index contributed by atoms with van der Waals surface area (Å²) in [6.45, 7) is 0. The van der Waals surface area contributed by atoms with Gasteiger partial charge in [-0.1, -0.05) is 176 Å². The molecule has 0 N–H and O–H groups in total. The number of hydrogen-bond acceptors (Lipinski definition) is 3. The van der Waals surface area contributed by atoms with E-state index in [0.717, 1.165) is 50.1 Å². The van der Waals surface area contributed by atoms with E-state index in [1.807, 2.05) is 11.3 Å². The van der Waals surface area contributed by atoms with Gasteiger partial charge in [0.25, 0.3) is 0 Å². The lowest BCUT2D eigenvalue weighted by Gasteiger charge is -2.26. The van der Waals surface area contributed by atoms with E-state index in [4.69, 9.17) is 4.42 Å². The van der Waals surface area contributed by atoms with Crippen molar-refractivity contribution in [1.82, 2.24) is 0 Å². The number of fused-ring (bicyclic) bond motifs is 13.